The van der Waals surface area contributed by atoms with E-state index < -0.39 is 0 Å². The summed E-state index contributed by atoms with van der Waals surface area (Å²) in [5.41, 5.74) is 3.95. The molecule has 0 saturated heterocycles. The molecule has 1 aromatic heterocycles. The lowest BCUT2D eigenvalue weighted by molar-refractivity contribution is 1.58. The van der Waals surface area contributed by atoms with Gasteiger partial charge in [0.25, 0.3) is 0 Å². The maximum Gasteiger partial charge on any atom is 0.0358 e. The van der Waals surface area contributed by atoms with E-state index in [0.29, 0.717) is 0 Å². The lowest BCUT2D eigenvalue weighted by Crippen LogP contribution is -1.80. The predicted octanol–water partition coefficient (Wildman–Crippen LogP) is 7.70. The molecule has 0 nitrogen and oxygen atoms in total. The van der Waals surface area contributed by atoms with Gasteiger partial charge in [0.2, 0.25) is 0 Å². The smallest absolute Gasteiger partial charge is 0.0358 e. The van der Waals surface area contributed by atoms with E-state index in [2.05, 4.69) is 97.9 Å². The summed E-state index contributed by atoms with van der Waals surface area (Å²) in [6.45, 7) is 2.22. The highest BCUT2D eigenvalue weighted by Crippen LogP contribution is 2.40. The molecule has 0 spiro atoms. The molecule has 0 unspecified atom stereocenters. The summed E-state index contributed by atoms with van der Waals surface area (Å²) >= 11 is 1.88. The molecule has 0 N–H and O–H groups in total. The average Bonchev–Trinajstić information content (AvgIpc) is 3.08. The summed E-state index contributed by atoms with van der Waals surface area (Å²) in [4.78, 5) is 2.70. The molecule has 4 aromatic carbocycles. The second-order valence-corrected chi connectivity index (χ2v) is 7.93. The molecule has 0 amide bonds. The summed E-state index contributed by atoms with van der Waals surface area (Å²) in [5.74, 6) is 0. The van der Waals surface area contributed by atoms with Gasteiger partial charge in [0.1, 0.15) is 0 Å². The number of hydrogen-bond donors (Lipinski definition) is 0. The van der Waals surface area contributed by atoms with Crippen molar-refractivity contribution in [1.82, 2.24) is 0 Å². The van der Waals surface area contributed by atoms with Crippen molar-refractivity contribution < 1.29 is 0 Å². The number of rotatable bonds is 2. The first-order valence-corrected chi connectivity index (χ1v) is 9.69. The first kappa shape index (κ1) is 15.4. The average molecular weight is 350 g/mol. The third-order valence-corrected chi connectivity index (χ3v) is 6.10. The van der Waals surface area contributed by atoms with Crippen LogP contribution in [-0.4, -0.2) is 0 Å². The highest BCUT2D eigenvalue weighted by Gasteiger charge is 2.12. The van der Waals surface area contributed by atoms with Crippen molar-refractivity contribution in [1.29, 1.82) is 0 Å². The summed E-state index contributed by atoms with van der Waals surface area (Å²) in [7, 11) is 0. The minimum absolute atomic E-state index is 1.29. The van der Waals surface area contributed by atoms with E-state index in [1.54, 1.807) is 0 Å². The van der Waals surface area contributed by atoms with Gasteiger partial charge in [-0.25, -0.2) is 0 Å². The van der Waals surface area contributed by atoms with Gasteiger partial charge < -0.3 is 0 Å². The van der Waals surface area contributed by atoms with Crippen LogP contribution in [0.3, 0.4) is 0 Å². The van der Waals surface area contributed by atoms with E-state index >= 15 is 0 Å². The van der Waals surface area contributed by atoms with Gasteiger partial charge in [0, 0.05) is 9.75 Å². The maximum absolute atomic E-state index is 2.35. The zero-order valence-electron chi connectivity index (χ0n) is 14.6. The Hall–Kier alpha value is -2.90. The molecule has 0 aliphatic carbocycles. The molecule has 0 aliphatic heterocycles. The van der Waals surface area contributed by atoms with Gasteiger partial charge in [-0.2, -0.15) is 0 Å². The van der Waals surface area contributed by atoms with Crippen LogP contribution in [0.1, 0.15) is 4.88 Å². The van der Waals surface area contributed by atoms with Gasteiger partial charge in [0.05, 0.1) is 0 Å². The second-order valence-electron chi connectivity index (χ2n) is 6.67. The van der Waals surface area contributed by atoms with Crippen LogP contribution in [0.15, 0.2) is 91.0 Å². The Kier molecular flexibility index (Phi) is 3.62. The summed E-state index contributed by atoms with van der Waals surface area (Å²) in [6, 6.07) is 32.9. The van der Waals surface area contributed by atoms with E-state index in [9.17, 15) is 0 Å². The topological polar surface area (TPSA) is 0 Å². The summed E-state index contributed by atoms with van der Waals surface area (Å²) in [6.07, 6.45) is 0. The van der Waals surface area contributed by atoms with Crippen LogP contribution < -0.4 is 0 Å². The Balaban J connectivity index is 1.73. The van der Waals surface area contributed by atoms with Crippen LogP contribution in [-0.2, 0) is 0 Å². The van der Waals surface area contributed by atoms with Crippen molar-refractivity contribution in [2.24, 2.45) is 0 Å². The molecular weight excluding hydrogens is 332 g/mol. The second kappa shape index (κ2) is 6.12. The molecule has 26 heavy (non-hydrogen) atoms. The molecule has 124 valence electrons. The van der Waals surface area contributed by atoms with Crippen LogP contribution >= 0.6 is 11.3 Å². The normalized spacial score (nSPS) is 11.3. The molecule has 0 radical (unpaired) electrons. The number of fused-ring (bicyclic) bond motifs is 2. The monoisotopic (exact) mass is 350 g/mol. The molecule has 0 bridgehead atoms. The fourth-order valence-electron chi connectivity index (χ4n) is 3.70. The fourth-order valence-corrected chi connectivity index (χ4v) is 4.78. The molecule has 0 aliphatic rings. The minimum atomic E-state index is 1.29. The van der Waals surface area contributed by atoms with Crippen molar-refractivity contribution >= 4 is 32.9 Å². The van der Waals surface area contributed by atoms with Crippen LogP contribution in [0.25, 0.3) is 43.1 Å². The Morgan fingerprint density at radius 1 is 0.577 bits per heavy atom. The largest absolute Gasteiger partial charge is 0.140 e. The van der Waals surface area contributed by atoms with Gasteiger partial charge in [-0.15, -0.1) is 11.3 Å². The lowest BCUT2D eigenvalue weighted by Gasteiger charge is -2.07. The van der Waals surface area contributed by atoms with Gasteiger partial charge >= 0.3 is 0 Å². The summed E-state index contributed by atoms with van der Waals surface area (Å²) < 4.78 is 0. The zero-order chi connectivity index (χ0) is 17.5. The van der Waals surface area contributed by atoms with E-state index in [1.165, 1.54) is 48.0 Å². The van der Waals surface area contributed by atoms with Crippen molar-refractivity contribution in [3.63, 3.8) is 0 Å². The fraction of sp³-hybridized carbons (Fsp3) is 0.0400. The van der Waals surface area contributed by atoms with Crippen LogP contribution in [0.4, 0.5) is 0 Å². The molecular formula is C25H18S. The van der Waals surface area contributed by atoms with Crippen molar-refractivity contribution in [2.75, 3.05) is 0 Å². The van der Waals surface area contributed by atoms with Crippen LogP contribution in [0.5, 0.6) is 0 Å². The van der Waals surface area contributed by atoms with E-state index in [4.69, 9.17) is 0 Å². The van der Waals surface area contributed by atoms with Crippen molar-refractivity contribution in [3.8, 4) is 21.6 Å². The predicted molar refractivity (Wildman–Crippen MR) is 115 cm³/mol. The van der Waals surface area contributed by atoms with Crippen molar-refractivity contribution in [3.05, 3.63) is 95.9 Å². The standard InChI is InChI=1S/C25H18S/c1-17-23(18-8-3-2-4-9-18)16-25(26-17)22-13-7-12-21-14-19-10-5-6-11-20(19)15-24(21)22/h2-16H,1H3. The van der Waals surface area contributed by atoms with Gasteiger partial charge in [0.15, 0.2) is 0 Å². The third-order valence-electron chi connectivity index (χ3n) is 5.01. The van der Waals surface area contributed by atoms with E-state index in [0.717, 1.165) is 0 Å². The zero-order valence-corrected chi connectivity index (χ0v) is 15.4. The number of hydrogen-bond acceptors (Lipinski definition) is 1. The van der Waals surface area contributed by atoms with E-state index in [1.807, 2.05) is 11.3 Å². The number of thiophene rings is 1. The molecule has 1 heteroatoms. The molecule has 5 rings (SSSR count). The third kappa shape index (κ3) is 2.53. The van der Waals surface area contributed by atoms with Crippen molar-refractivity contribution in [2.45, 2.75) is 6.92 Å². The molecule has 5 aromatic rings. The van der Waals surface area contributed by atoms with Crippen LogP contribution in [0.2, 0.25) is 0 Å². The Labute approximate surface area is 157 Å². The Morgan fingerprint density at radius 2 is 1.27 bits per heavy atom. The lowest BCUT2D eigenvalue weighted by atomic mass is 9.98. The van der Waals surface area contributed by atoms with E-state index in [-0.39, 0.29) is 0 Å². The number of aryl methyl sites for hydroxylation is 1. The molecule has 0 atom stereocenters. The van der Waals surface area contributed by atoms with Gasteiger partial charge in [-0.3, -0.25) is 0 Å². The molecule has 1 heterocycles. The molecule has 0 fully saturated rings. The summed E-state index contributed by atoms with van der Waals surface area (Å²) in [5, 5.41) is 5.22. The highest BCUT2D eigenvalue weighted by atomic mass is 32.1. The Bertz CT molecular complexity index is 1230. The first-order valence-electron chi connectivity index (χ1n) is 8.87. The van der Waals surface area contributed by atoms with Gasteiger partial charge in [-0.05, 0) is 63.4 Å². The maximum atomic E-state index is 2.35. The first-order chi connectivity index (χ1) is 12.8. The quantitative estimate of drug-likeness (QED) is 0.286. The number of benzene rings is 4. The SMILES string of the molecule is Cc1sc(-c2cccc3cc4ccccc4cc23)cc1-c1ccccc1. The van der Waals surface area contributed by atoms with Crippen LogP contribution in [0, 0.1) is 6.92 Å². The minimum Gasteiger partial charge on any atom is -0.140 e. The highest BCUT2D eigenvalue weighted by molar-refractivity contribution is 7.16. The van der Waals surface area contributed by atoms with Gasteiger partial charge in [-0.1, -0.05) is 72.8 Å². The Morgan fingerprint density at radius 3 is 2.08 bits per heavy atom. The molecule has 0 saturated carbocycles.